The lowest BCUT2D eigenvalue weighted by Crippen LogP contribution is -2.43. The SMILES string of the molecule is COc1ccc(S(=O)CC(NC(C)=O)C(=O)O)cc1. The van der Waals surface area contributed by atoms with Crippen LogP contribution in [0.4, 0.5) is 0 Å². The number of hydrogen-bond donors (Lipinski definition) is 2. The first-order valence-corrected chi connectivity index (χ1v) is 6.78. The Bertz CT molecular complexity index is 485. The summed E-state index contributed by atoms with van der Waals surface area (Å²) >= 11 is 0. The van der Waals surface area contributed by atoms with Gasteiger partial charge in [0.1, 0.15) is 11.8 Å². The van der Waals surface area contributed by atoms with E-state index in [1.54, 1.807) is 24.3 Å². The van der Waals surface area contributed by atoms with E-state index in [1.807, 2.05) is 0 Å². The van der Waals surface area contributed by atoms with Crippen molar-refractivity contribution in [3.63, 3.8) is 0 Å². The Labute approximate surface area is 113 Å². The molecule has 2 unspecified atom stereocenters. The molecule has 2 atom stereocenters. The Morgan fingerprint density at radius 2 is 1.95 bits per heavy atom. The normalized spacial score (nSPS) is 13.4. The molecule has 19 heavy (non-hydrogen) atoms. The second-order valence-electron chi connectivity index (χ2n) is 3.78. The number of benzene rings is 1. The molecule has 0 saturated carbocycles. The molecule has 0 aliphatic rings. The maximum atomic E-state index is 12.0. The fourth-order valence-corrected chi connectivity index (χ4v) is 2.56. The van der Waals surface area contributed by atoms with Crippen molar-refractivity contribution in [1.29, 1.82) is 0 Å². The van der Waals surface area contributed by atoms with Gasteiger partial charge < -0.3 is 15.2 Å². The molecule has 0 radical (unpaired) electrons. The molecule has 1 rings (SSSR count). The molecular formula is C12H15NO5S. The summed E-state index contributed by atoms with van der Waals surface area (Å²) in [4.78, 5) is 22.3. The Balaban J connectivity index is 2.75. The monoisotopic (exact) mass is 285 g/mol. The first-order valence-electron chi connectivity index (χ1n) is 5.46. The molecule has 7 heteroatoms. The molecule has 0 aliphatic heterocycles. The molecule has 0 bridgehead atoms. The van der Waals surface area contributed by atoms with E-state index in [9.17, 15) is 13.8 Å². The average molecular weight is 285 g/mol. The van der Waals surface area contributed by atoms with Crippen molar-refractivity contribution in [2.24, 2.45) is 0 Å². The fourth-order valence-electron chi connectivity index (χ4n) is 1.40. The first-order chi connectivity index (χ1) is 8.93. The molecule has 0 aromatic heterocycles. The summed E-state index contributed by atoms with van der Waals surface area (Å²) in [6.45, 7) is 1.21. The number of amides is 1. The number of nitrogens with one attached hydrogen (secondary N) is 1. The van der Waals surface area contributed by atoms with Crippen LogP contribution < -0.4 is 10.1 Å². The Hall–Kier alpha value is -1.89. The lowest BCUT2D eigenvalue weighted by atomic mass is 10.3. The Morgan fingerprint density at radius 3 is 2.37 bits per heavy atom. The van der Waals surface area contributed by atoms with E-state index in [1.165, 1.54) is 14.0 Å². The van der Waals surface area contributed by atoms with Crippen LogP contribution in [0.15, 0.2) is 29.2 Å². The molecule has 1 amide bonds. The summed E-state index contributed by atoms with van der Waals surface area (Å²) in [7, 11) is 0.00523. The summed E-state index contributed by atoms with van der Waals surface area (Å²) < 4.78 is 17.0. The van der Waals surface area contributed by atoms with E-state index in [0.717, 1.165) is 0 Å². The van der Waals surface area contributed by atoms with Crippen LogP contribution in [0.3, 0.4) is 0 Å². The quantitative estimate of drug-likeness (QED) is 0.789. The Morgan fingerprint density at radius 1 is 1.37 bits per heavy atom. The van der Waals surface area contributed by atoms with Crippen LogP contribution in [0, 0.1) is 0 Å². The van der Waals surface area contributed by atoms with Gasteiger partial charge in [0, 0.05) is 11.8 Å². The van der Waals surface area contributed by atoms with E-state index in [0.29, 0.717) is 10.6 Å². The zero-order valence-electron chi connectivity index (χ0n) is 10.6. The smallest absolute Gasteiger partial charge is 0.327 e. The third-order valence-corrected chi connectivity index (χ3v) is 3.75. The van der Waals surface area contributed by atoms with Gasteiger partial charge >= 0.3 is 5.97 Å². The van der Waals surface area contributed by atoms with E-state index in [4.69, 9.17) is 9.84 Å². The van der Waals surface area contributed by atoms with Crippen LogP contribution in [0.1, 0.15) is 6.92 Å². The van der Waals surface area contributed by atoms with E-state index in [2.05, 4.69) is 5.32 Å². The summed E-state index contributed by atoms with van der Waals surface area (Å²) in [6.07, 6.45) is 0. The third-order valence-electron chi connectivity index (χ3n) is 2.32. The molecule has 2 N–H and O–H groups in total. The molecule has 1 aromatic carbocycles. The number of carbonyl (C=O) groups is 2. The van der Waals surface area contributed by atoms with Crippen molar-refractivity contribution in [1.82, 2.24) is 5.32 Å². The maximum Gasteiger partial charge on any atom is 0.327 e. The van der Waals surface area contributed by atoms with Gasteiger partial charge in [-0.2, -0.15) is 0 Å². The average Bonchev–Trinajstić information content (AvgIpc) is 2.37. The highest BCUT2D eigenvalue weighted by atomic mass is 32.2. The largest absolute Gasteiger partial charge is 0.497 e. The number of hydrogen-bond acceptors (Lipinski definition) is 4. The van der Waals surface area contributed by atoms with Gasteiger partial charge in [0.2, 0.25) is 5.91 Å². The van der Waals surface area contributed by atoms with E-state index in [-0.39, 0.29) is 5.75 Å². The molecule has 104 valence electrons. The molecular weight excluding hydrogens is 270 g/mol. The minimum absolute atomic E-state index is 0.179. The standard InChI is InChI=1S/C12H15NO5S/c1-8(14)13-11(12(15)16)7-19(17)10-5-3-9(18-2)4-6-10/h3-6,11H,7H2,1-2H3,(H,13,14)(H,15,16). The van der Waals surface area contributed by atoms with E-state index < -0.39 is 28.7 Å². The van der Waals surface area contributed by atoms with E-state index >= 15 is 0 Å². The van der Waals surface area contributed by atoms with Crippen LogP contribution >= 0.6 is 0 Å². The molecule has 0 saturated heterocycles. The van der Waals surface area contributed by atoms with Crippen LogP contribution in [0.2, 0.25) is 0 Å². The third kappa shape index (κ3) is 4.70. The second kappa shape index (κ2) is 6.89. The number of methoxy groups -OCH3 is 1. The zero-order chi connectivity index (χ0) is 14.4. The molecule has 0 fully saturated rings. The predicted octanol–water partition coefficient (Wildman–Crippen LogP) is 0.392. The summed E-state index contributed by atoms with van der Waals surface area (Å²) in [5, 5.41) is 11.2. The molecule has 0 spiro atoms. The van der Waals surface area contributed by atoms with Crippen LogP contribution in [0.25, 0.3) is 0 Å². The lowest BCUT2D eigenvalue weighted by molar-refractivity contribution is -0.140. The van der Waals surface area contributed by atoms with Crippen LogP contribution in [-0.4, -0.2) is 40.1 Å². The molecule has 0 aliphatic carbocycles. The lowest BCUT2D eigenvalue weighted by Gasteiger charge is -2.12. The van der Waals surface area contributed by atoms with Crippen molar-refractivity contribution in [3.05, 3.63) is 24.3 Å². The summed E-state index contributed by atoms with van der Waals surface area (Å²) in [5.74, 6) is -1.24. The highest BCUT2D eigenvalue weighted by Gasteiger charge is 2.21. The van der Waals surface area contributed by atoms with Gasteiger partial charge in [-0.15, -0.1) is 0 Å². The molecule has 6 nitrogen and oxygen atoms in total. The predicted molar refractivity (Wildman–Crippen MR) is 69.5 cm³/mol. The number of rotatable bonds is 6. The topological polar surface area (TPSA) is 92.7 Å². The molecule has 1 aromatic rings. The van der Waals surface area contributed by atoms with Crippen molar-refractivity contribution in [3.8, 4) is 5.75 Å². The van der Waals surface area contributed by atoms with Crippen molar-refractivity contribution >= 4 is 22.7 Å². The zero-order valence-corrected chi connectivity index (χ0v) is 11.4. The highest BCUT2D eigenvalue weighted by Crippen LogP contribution is 2.14. The number of carboxylic acids is 1. The minimum Gasteiger partial charge on any atom is -0.497 e. The molecule has 0 heterocycles. The highest BCUT2D eigenvalue weighted by molar-refractivity contribution is 7.85. The number of aliphatic carboxylic acids is 1. The summed E-state index contributed by atoms with van der Waals surface area (Å²) in [6, 6.07) is 5.31. The first kappa shape index (κ1) is 15.2. The van der Waals surface area contributed by atoms with Gasteiger partial charge in [0.25, 0.3) is 0 Å². The second-order valence-corrected chi connectivity index (χ2v) is 5.27. The van der Waals surface area contributed by atoms with Crippen molar-refractivity contribution in [2.75, 3.05) is 12.9 Å². The van der Waals surface area contributed by atoms with Crippen molar-refractivity contribution < 1.29 is 23.6 Å². The maximum absolute atomic E-state index is 12.0. The van der Waals surface area contributed by atoms with Gasteiger partial charge in [-0.05, 0) is 24.3 Å². The van der Waals surface area contributed by atoms with Gasteiger partial charge in [0.05, 0.1) is 23.7 Å². The minimum atomic E-state index is -1.51. The van der Waals surface area contributed by atoms with Gasteiger partial charge in [-0.3, -0.25) is 9.00 Å². The van der Waals surface area contributed by atoms with Gasteiger partial charge in [-0.25, -0.2) is 4.79 Å². The van der Waals surface area contributed by atoms with Gasteiger partial charge in [0.15, 0.2) is 0 Å². The van der Waals surface area contributed by atoms with Crippen LogP contribution in [-0.2, 0) is 20.4 Å². The number of carboxylic acid groups (broad SMARTS) is 1. The fraction of sp³-hybridized carbons (Fsp3) is 0.333. The van der Waals surface area contributed by atoms with Crippen molar-refractivity contribution in [2.45, 2.75) is 17.9 Å². The number of ether oxygens (including phenoxy) is 1. The van der Waals surface area contributed by atoms with Crippen LogP contribution in [0.5, 0.6) is 5.75 Å². The number of carbonyl (C=O) groups excluding carboxylic acids is 1. The summed E-state index contributed by atoms with van der Waals surface area (Å²) in [5.41, 5.74) is 0. The Kier molecular flexibility index (Phi) is 5.50. The van der Waals surface area contributed by atoms with Gasteiger partial charge in [-0.1, -0.05) is 0 Å².